The van der Waals surface area contributed by atoms with Crippen molar-refractivity contribution in [2.75, 3.05) is 17.2 Å². The van der Waals surface area contributed by atoms with E-state index in [1.54, 1.807) is 12.1 Å². The number of hydrogen-bond acceptors (Lipinski definition) is 2. The largest absolute Gasteiger partial charge is 0.384 e. The van der Waals surface area contributed by atoms with Crippen molar-refractivity contribution in [3.63, 3.8) is 0 Å². The summed E-state index contributed by atoms with van der Waals surface area (Å²) in [5, 5.41) is 6.01. The molecule has 0 spiro atoms. The Hall–Kier alpha value is -2.36. The van der Waals surface area contributed by atoms with Gasteiger partial charge < -0.3 is 10.6 Å². The predicted molar refractivity (Wildman–Crippen MR) is 93.3 cm³/mol. The average molecular weight is 314 g/mol. The highest BCUT2D eigenvalue weighted by Gasteiger charge is 2.17. The van der Waals surface area contributed by atoms with E-state index in [1.807, 2.05) is 18.2 Å². The van der Waals surface area contributed by atoms with Gasteiger partial charge in [-0.1, -0.05) is 45.0 Å². The van der Waals surface area contributed by atoms with Gasteiger partial charge in [0.15, 0.2) is 0 Å². The van der Waals surface area contributed by atoms with Crippen molar-refractivity contribution in [1.29, 1.82) is 0 Å². The summed E-state index contributed by atoms with van der Waals surface area (Å²) < 4.78 is 13.1. The van der Waals surface area contributed by atoms with Crippen molar-refractivity contribution in [3.8, 4) is 0 Å². The maximum atomic E-state index is 13.1. The van der Waals surface area contributed by atoms with Crippen molar-refractivity contribution in [2.24, 2.45) is 0 Å². The minimum Gasteiger partial charge on any atom is -0.384 e. The summed E-state index contributed by atoms with van der Waals surface area (Å²) >= 11 is 0. The van der Waals surface area contributed by atoms with Gasteiger partial charge in [0.1, 0.15) is 5.82 Å². The maximum Gasteiger partial charge on any atom is 0.226 e. The molecule has 0 aliphatic rings. The lowest BCUT2D eigenvalue weighted by Crippen LogP contribution is -2.19. The summed E-state index contributed by atoms with van der Waals surface area (Å²) in [6, 6.07) is 14.0. The zero-order valence-corrected chi connectivity index (χ0v) is 13.8. The fourth-order valence-corrected chi connectivity index (χ4v) is 2.39. The Bertz CT molecular complexity index is 677. The first-order valence-corrected chi connectivity index (χ1v) is 7.75. The number of carbonyl (C=O) groups excluding carboxylic acids is 1. The number of amides is 1. The molecule has 0 aliphatic heterocycles. The molecule has 2 aromatic rings. The van der Waals surface area contributed by atoms with Crippen molar-refractivity contribution >= 4 is 17.3 Å². The number of rotatable bonds is 5. The van der Waals surface area contributed by atoms with Crippen LogP contribution in [-0.2, 0) is 10.2 Å². The van der Waals surface area contributed by atoms with E-state index in [0.29, 0.717) is 18.7 Å². The monoisotopic (exact) mass is 314 g/mol. The number of para-hydroxylation sites is 1. The Morgan fingerprint density at radius 3 is 2.52 bits per heavy atom. The summed E-state index contributed by atoms with van der Waals surface area (Å²) in [6.07, 6.45) is 0.314. The second-order valence-electron chi connectivity index (χ2n) is 6.53. The second kappa shape index (κ2) is 7.27. The molecule has 0 aromatic heterocycles. The highest BCUT2D eigenvalue weighted by molar-refractivity contribution is 5.90. The lowest BCUT2D eigenvalue weighted by atomic mass is 9.86. The molecular weight excluding hydrogens is 291 g/mol. The molecule has 0 atom stereocenters. The number of halogens is 1. The Labute approximate surface area is 136 Å². The van der Waals surface area contributed by atoms with Crippen LogP contribution >= 0.6 is 0 Å². The van der Waals surface area contributed by atoms with Gasteiger partial charge in [-0.25, -0.2) is 4.39 Å². The van der Waals surface area contributed by atoms with Gasteiger partial charge in [0.05, 0.1) is 0 Å². The summed E-state index contributed by atoms with van der Waals surface area (Å²) in [7, 11) is 0. The van der Waals surface area contributed by atoms with Crippen LogP contribution in [0, 0.1) is 5.82 Å². The molecule has 0 fully saturated rings. The molecule has 0 bridgehead atoms. The molecule has 23 heavy (non-hydrogen) atoms. The molecule has 2 aromatic carbocycles. The summed E-state index contributed by atoms with van der Waals surface area (Å²) in [5.74, 6) is -0.503. The summed E-state index contributed by atoms with van der Waals surface area (Å²) in [4.78, 5) is 11.9. The van der Waals surface area contributed by atoms with Gasteiger partial charge in [-0.15, -0.1) is 0 Å². The van der Waals surface area contributed by atoms with Crippen LogP contribution in [0.5, 0.6) is 0 Å². The number of nitrogens with one attached hydrogen (secondary N) is 2. The van der Waals surface area contributed by atoms with E-state index in [2.05, 4.69) is 37.5 Å². The van der Waals surface area contributed by atoms with Crippen LogP contribution in [0.4, 0.5) is 15.8 Å². The van der Waals surface area contributed by atoms with Crippen molar-refractivity contribution in [2.45, 2.75) is 32.6 Å². The molecule has 2 rings (SSSR count). The summed E-state index contributed by atoms with van der Waals surface area (Å²) in [5.41, 5.74) is 2.77. The highest BCUT2D eigenvalue weighted by atomic mass is 19.1. The molecule has 0 saturated carbocycles. The van der Waals surface area contributed by atoms with Gasteiger partial charge in [0, 0.05) is 24.3 Å². The van der Waals surface area contributed by atoms with E-state index < -0.39 is 0 Å². The first kappa shape index (κ1) is 17.0. The normalized spacial score (nSPS) is 11.1. The lowest BCUT2D eigenvalue weighted by Gasteiger charge is -2.23. The van der Waals surface area contributed by atoms with Crippen LogP contribution in [0.1, 0.15) is 32.8 Å². The fraction of sp³-hybridized carbons (Fsp3) is 0.316. The number of anilines is 2. The smallest absolute Gasteiger partial charge is 0.226 e. The van der Waals surface area contributed by atoms with Crippen LogP contribution < -0.4 is 10.6 Å². The third-order valence-electron chi connectivity index (χ3n) is 3.51. The van der Waals surface area contributed by atoms with E-state index in [0.717, 1.165) is 5.69 Å². The molecule has 2 N–H and O–H groups in total. The van der Waals surface area contributed by atoms with Crippen molar-refractivity contribution in [3.05, 3.63) is 59.9 Å². The van der Waals surface area contributed by atoms with E-state index in [4.69, 9.17) is 0 Å². The quantitative estimate of drug-likeness (QED) is 0.849. The van der Waals surface area contributed by atoms with Crippen LogP contribution in [0.2, 0.25) is 0 Å². The zero-order valence-electron chi connectivity index (χ0n) is 13.8. The molecule has 0 heterocycles. The Balaban J connectivity index is 1.89. The SMILES string of the molecule is CC(C)(C)c1ccccc1NCCC(=O)Nc1cccc(F)c1. The van der Waals surface area contributed by atoms with Crippen LogP contribution in [0.3, 0.4) is 0 Å². The van der Waals surface area contributed by atoms with E-state index in [1.165, 1.54) is 17.7 Å². The van der Waals surface area contributed by atoms with Gasteiger partial charge in [-0.05, 0) is 35.2 Å². The topological polar surface area (TPSA) is 41.1 Å². The molecule has 0 saturated heterocycles. The first-order valence-electron chi connectivity index (χ1n) is 7.75. The predicted octanol–water partition coefficient (Wildman–Crippen LogP) is 4.56. The third kappa shape index (κ3) is 5.09. The molecule has 0 aliphatic carbocycles. The van der Waals surface area contributed by atoms with Gasteiger partial charge in [0.25, 0.3) is 0 Å². The number of benzene rings is 2. The minimum atomic E-state index is -0.361. The maximum absolute atomic E-state index is 13.1. The van der Waals surface area contributed by atoms with Gasteiger partial charge in [-0.2, -0.15) is 0 Å². The second-order valence-corrected chi connectivity index (χ2v) is 6.53. The number of carbonyl (C=O) groups is 1. The average Bonchev–Trinajstić information content (AvgIpc) is 2.46. The molecule has 0 unspecified atom stereocenters. The van der Waals surface area contributed by atoms with Gasteiger partial charge in [-0.3, -0.25) is 4.79 Å². The van der Waals surface area contributed by atoms with E-state index in [9.17, 15) is 9.18 Å². The van der Waals surface area contributed by atoms with E-state index >= 15 is 0 Å². The standard InChI is InChI=1S/C19H23FN2O/c1-19(2,3)16-9-4-5-10-17(16)21-12-11-18(23)22-15-8-6-7-14(20)13-15/h4-10,13,21H,11-12H2,1-3H3,(H,22,23). The molecule has 0 radical (unpaired) electrons. The van der Waals surface area contributed by atoms with Gasteiger partial charge in [0.2, 0.25) is 5.91 Å². The Morgan fingerprint density at radius 1 is 1.09 bits per heavy atom. The Morgan fingerprint density at radius 2 is 1.83 bits per heavy atom. The minimum absolute atomic E-state index is 0.0351. The molecular formula is C19H23FN2O. The zero-order chi connectivity index (χ0) is 16.9. The molecule has 4 heteroatoms. The Kier molecular flexibility index (Phi) is 5.37. The van der Waals surface area contributed by atoms with Crippen LogP contribution in [0.25, 0.3) is 0 Å². The highest BCUT2D eigenvalue weighted by Crippen LogP contribution is 2.29. The van der Waals surface area contributed by atoms with Crippen molar-refractivity contribution < 1.29 is 9.18 Å². The molecule has 122 valence electrons. The van der Waals surface area contributed by atoms with Crippen molar-refractivity contribution in [1.82, 2.24) is 0 Å². The number of hydrogen-bond donors (Lipinski definition) is 2. The van der Waals surface area contributed by atoms with Crippen LogP contribution in [0.15, 0.2) is 48.5 Å². The first-order chi connectivity index (χ1) is 10.9. The molecule has 3 nitrogen and oxygen atoms in total. The van der Waals surface area contributed by atoms with Gasteiger partial charge >= 0.3 is 0 Å². The van der Waals surface area contributed by atoms with Crippen LogP contribution in [-0.4, -0.2) is 12.5 Å². The fourth-order valence-electron chi connectivity index (χ4n) is 2.39. The lowest BCUT2D eigenvalue weighted by molar-refractivity contribution is -0.115. The van der Waals surface area contributed by atoms with E-state index in [-0.39, 0.29) is 17.1 Å². The third-order valence-corrected chi connectivity index (χ3v) is 3.51. The molecule has 1 amide bonds. The summed E-state index contributed by atoms with van der Waals surface area (Å²) in [6.45, 7) is 6.99.